The van der Waals surface area contributed by atoms with Gasteiger partial charge in [-0.3, -0.25) is 14.5 Å². The molecule has 1 atom stereocenters. The van der Waals surface area contributed by atoms with E-state index >= 15 is 0 Å². The van der Waals surface area contributed by atoms with Gasteiger partial charge >= 0.3 is 0 Å². The number of likely N-dealkylation sites (tertiary alicyclic amines) is 1. The number of carbonyl (C=O) groups is 2. The fourth-order valence-corrected chi connectivity index (χ4v) is 4.94. The minimum Gasteiger partial charge on any atom is -0.360 e. The molecule has 0 bridgehead atoms. The van der Waals surface area contributed by atoms with Crippen molar-refractivity contribution in [1.82, 2.24) is 20.5 Å². The van der Waals surface area contributed by atoms with E-state index in [9.17, 15) is 9.59 Å². The molecule has 1 amide bonds. The summed E-state index contributed by atoms with van der Waals surface area (Å²) in [6.45, 7) is 7.67. The number of aryl methyl sites for hydroxylation is 1. The van der Waals surface area contributed by atoms with Crippen molar-refractivity contribution in [1.29, 1.82) is 0 Å². The van der Waals surface area contributed by atoms with Gasteiger partial charge < -0.3 is 15.6 Å². The van der Waals surface area contributed by atoms with Crippen LogP contribution < -0.4 is 10.6 Å². The number of ketones is 1. The number of amides is 1. The van der Waals surface area contributed by atoms with E-state index in [2.05, 4.69) is 58.6 Å². The Balaban J connectivity index is 1.32. The summed E-state index contributed by atoms with van der Waals surface area (Å²) in [6, 6.07) is 23.6. The van der Waals surface area contributed by atoms with E-state index in [0.717, 1.165) is 42.5 Å². The van der Waals surface area contributed by atoms with Crippen molar-refractivity contribution in [2.75, 3.05) is 26.2 Å². The van der Waals surface area contributed by atoms with Crippen LogP contribution in [0.25, 0.3) is 10.9 Å². The molecule has 5 rings (SSSR count). The summed E-state index contributed by atoms with van der Waals surface area (Å²) < 4.78 is 0. The van der Waals surface area contributed by atoms with Gasteiger partial charge in [-0.2, -0.15) is 0 Å². The Labute approximate surface area is 218 Å². The van der Waals surface area contributed by atoms with Gasteiger partial charge in [-0.05, 0) is 43.1 Å². The minimum atomic E-state index is -0.464. The molecule has 1 fully saturated rings. The predicted octanol–water partition coefficient (Wildman–Crippen LogP) is 4.67. The molecule has 6 heteroatoms. The molecule has 0 radical (unpaired) electrons. The van der Waals surface area contributed by atoms with E-state index in [4.69, 9.17) is 0 Å². The van der Waals surface area contributed by atoms with Crippen LogP contribution in [0, 0.1) is 6.92 Å². The van der Waals surface area contributed by atoms with Crippen LogP contribution in [0.2, 0.25) is 0 Å². The van der Waals surface area contributed by atoms with Gasteiger partial charge in [0.15, 0.2) is 5.78 Å². The van der Waals surface area contributed by atoms with Crippen LogP contribution in [0.1, 0.15) is 50.4 Å². The summed E-state index contributed by atoms with van der Waals surface area (Å²) in [7, 11) is 0. The van der Waals surface area contributed by atoms with Gasteiger partial charge in [0.05, 0.1) is 12.1 Å². The predicted molar refractivity (Wildman–Crippen MR) is 148 cm³/mol. The van der Waals surface area contributed by atoms with Gasteiger partial charge in [0.2, 0.25) is 0 Å². The van der Waals surface area contributed by atoms with Crippen LogP contribution >= 0.6 is 0 Å². The summed E-state index contributed by atoms with van der Waals surface area (Å²) in [4.78, 5) is 32.1. The molecule has 37 heavy (non-hydrogen) atoms. The number of rotatable bonds is 10. The second-order valence-electron chi connectivity index (χ2n) is 9.88. The fraction of sp³-hybridized carbons (Fsp3) is 0.290. The zero-order valence-corrected chi connectivity index (χ0v) is 21.5. The lowest BCUT2D eigenvalue weighted by atomic mass is 9.96. The molecule has 0 saturated carbocycles. The average molecular weight is 495 g/mol. The van der Waals surface area contributed by atoms with E-state index in [1.165, 1.54) is 11.1 Å². The molecule has 4 aromatic rings. The number of Topliss-reactive ketones (excluding diaryl/α,β-unsaturated/α-hetero) is 1. The quantitative estimate of drug-likeness (QED) is 0.280. The summed E-state index contributed by atoms with van der Waals surface area (Å²) in [5.41, 5.74) is 5.41. The fourth-order valence-electron chi connectivity index (χ4n) is 4.94. The number of nitrogens with zero attached hydrogens (tertiary/aromatic N) is 1. The van der Waals surface area contributed by atoms with E-state index in [0.29, 0.717) is 17.7 Å². The maximum absolute atomic E-state index is 13.8. The van der Waals surface area contributed by atoms with Crippen LogP contribution in [0.15, 0.2) is 79.0 Å². The molecule has 1 aromatic heterocycles. The van der Waals surface area contributed by atoms with Crippen molar-refractivity contribution >= 4 is 22.6 Å². The summed E-state index contributed by atoms with van der Waals surface area (Å²) in [5, 5.41) is 7.41. The van der Waals surface area contributed by atoms with Gasteiger partial charge in [0.25, 0.3) is 5.91 Å². The van der Waals surface area contributed by atoms with E-state index < -0.39 is 6.04 Å². The Hall–Kier alpha value is -3.74. The first kappa shape index (κ1) is 24.9. The number of nitrogens with one attached hydrogen (secondary N) is 3. The molecule has 190 valence electrons. The van der Waals surface area contributed by atoms with E-state index in [-0.39, 0.29) is 17.7 Å². The highest BCUT2D eigenvalue weighted by molar-refractivity contribution is 6.11. The van der Waals surface area contributed by atoms with Crippen molar-refractivity contribution in [2.45, 2.75) is 32.4 Å². The van der Waals surface area contributed by atoms with Gasteiger partial charge in [0, 0.05) is 47.9 Å². The highest BCUT2D eigenvalue weighted by atomic mass is 16.1. The largest absolute Gasteiger partial charge is 0.360 e. The second kappa shape index (κ2) is 11.1. The standard InChI is InChI=1S/C31H34N4O2/c1-3-35-19-25(20-35)34-31(37)24-13-14-26-27(18-33-28(26)17-24)30(36)29(23-7-5-4-6-8-23)32-16-15-22-11-9-21(2)10-12-22/h4-14,17-18,25,29,32-33H,3,15-16,19-20H2,1-2H3,(H,34,37)/t29-/m1/s1. The van der Waals surface area contributed by atoms with E-state index in [1.54, 1.807) is 12.3 Å². The molecule has 1 saturated heterocycles. The first-order valence-corrected chi connectivity index (χ1v) is 13.0. The molecule has 1 aliphatic heterocycles. The number of aromatic amines is 1. The Morgan fingerprint density at radius 1 is 1.03 bits per heavy atom. The first-order valence-electron chi connectivity index (χ1n) is 13.0. The lowest BCUT2D eigenvalue weighted by molar-refractivity contribution is 0.0824. The minimum absolute atomic E-state index is 0.00711. The normalized spacial score (nSPS) is 14.9. The van der Waals surface area contributed by atoms with Crippen molar-refractivity contribution in [3.63, 3.8) is 0 Å². The maximum atomic E-state index is 13.8. The Kier molecular flexibility index (Phi) is 7.49. The van der Waals surface area contributed by atoms with E-state index in [1.807, 2.05) is 42.5 Å². The number of hydrogen-bond acceptors (Lipinski definition) is 4. The van der Waals surface area contributed by atoms with Gasteiger partial charge in [0.1, 0.15) is 0 Å². The van der Waals surface area contributed by atoms with Crippen molar-refractivity contribution in [3.8, 4) is 0 Å². The molecule has 3 aromatic carbocycles. The van der Waals surface area contributed by atoms with Crippen LogP contribution in [0.4, 0.5) is 0 Å². The highest BCUT2D eigenvalue weighted by Crippen LogP contribution is 2.26. The van der Waals surface area contributed by atoms with Crippen LogP contribution in [0.3, 0.4) is 0 Å². The summed E-state index contributed by atoms with van der Waals surface area (Å²) in [5.74, 6) is -0.0715. The molecule has 0 spiro atoms. The SMILES string of the molecule is CCN1CC(NC(=O)c2ccc3c(C(=O)[C@H](NCCc4ccc(C)cc4)c4ccccc4)c[nH]c3c2)C1. The lowest BCUT2D eigenvalue weighted by Crippen LogP contribution is -2.58. The molecule has 1 aliphatic rings. The Morgan fingerprint density at radius 3 is 2.51 bits per heavy atom. The number of likely N-dealkylation sites (N-methyl/N-ethyl adjacent to an activating group) is 1. The lowest BCUT2D eigenvalue weighted by Gasteiger charge is -2.38. The van der Waals surface area contributed by atoms with Gasteiger partial charge in [-0.1, -0.05) is 73.2 Å². The smallest absolute Gasteiger partial charge is 0.251 e. The average Bonchev–Trinajstić information content (AvgIpc) is 3.33. The highest BCUT2D eigenvalue weighted by Gasteiger charge is 2.27. The zero-order valence-electron chi connectivity index (χ0n) is 21.5. The topological polar surface area (TPSA) is 77.2 Å². The zero-order chi connectivity index (χ0) is 25.8. The molecule has 2 heterocycles. The molecular formula is C31H34N4O2. The number of H-pyrrole nitrogens is 1. The molecule has 0 unspecified atom stereocenters. The van der Waals surface area contributed by atoms with Crippen LogP contribution in [-0.2, 0) is 6.42 Å². The molecule has 0 aliphatic carbocycles. The number of fused-ring (bicyclic) bond motifs is 1. The van der Waals surface area contributed by atoms with Crippen molar-refractivity contribution < 1.29 is 9.59 Å². The molecular weight excluding hydrogens is 460 g/mol. The van der Waals surface area contributed by atoms with Gasteiger partial charge in [-0.15, -0.1) is 0 Å². The number of carbonyl (C=O) groups excluding carboxylic acids is 2. The second-order valence-corrected chi connectivity index (χ2v) is 9.88. The number of aromatic nitrogens is 1. The van der Waals surface area contributed by atoms with Crippen molar-refractivity contribution in [3.05, 3.63) is 107 Å². The summed E-state index contributed by atoms with van der Waals surface area (Å²) >= 11 is 0. The number of hydrogen-bond donors (Lipinski definition) is 3. The van der Waals surface area contributed by atoms with Crippen LogP contribution in [-0.4, -0.2) is 53.8 Å². The Morgan fingerprint density at radius 2 is 1.78 bits per heavy atom. The third-order valence-electron chi connectivity index (χ3n) is 7.23. The third-order valence-corrected chi connectivity index (χ3v) is 7.23. The Bertz CT molecular complexity index is 1370. The summed E-state index contributed by atoms with van der Waals surface area (Å²) in [6.07, 6.45) is 2.59. The first-order chi connectivity index (χ1) is 18.0. The van der Waals surface area contributed by atoms with Crippen LogP contribution in [0.5, 0.6) is 0 Å². The monoisotopic (exact) mass is 494 g/mol. The molecule has 6 nitrogen and oxygen atoms in total. The maximum Gasteiger partial charge on any atom is 0.251 e. The third kappa shape index (κ3) is 5.66. The number of benzene rings is 3. The molecule has 3 N–H and O–H groups in total. The van der Waals surface area contributed by atoms with Crippen molar-refractivity contribution in [2.24, 2.45) is 0 Å². The van der Waals surface area contributed by atoms with Gasteiger partial charge in [-0.25, -0.2) is 0 Å².